The van der Waals surface area contributed by atoms with Crippen LogP contribution in [0.2, 0.25) is 5.02 Å². The van der Waals surface area contributed by atoms with Crippen molar-refractivity contribution in [3.63, 3.8) is 0 Å². The number of piperazine rings is 1. The fourth-order valence-electron chi connectivity index (χ4n) is 3.24. The van der Waals surface area contributed by atoms with E-state index in [0.29, 0.717) is 36.9 Å². The Hall–Kier alpha value is -2.99. The van der Waals surface area contributed by atoms with E-state index in [1.165, 1.54) is 0 Å². The molecule has 1 aliphatic rings. The van der Waals surface area contributed by atoms with Crippen LogP contribution in [0.3, 0.4) is 0 Å². The van der Waals surface area contributed by atoms with Crippen LogP contribution in [0.5, 0.6) is 5.75 Å². The Labute approximate surface area is 162 Å². The van der Waals surface area contributed by atoms with E-state index in [9.17, 15) is 9.90 Å². The number of halogens is 1. The van der Waals surface area contributed by atoms with Crippen molar-refractivity contribution in [2.75, 3.05) is 31.1 Å². The lowest BCUT2D eigenvalue weighted by atomic mass is 10.2. The lowest BCUT2D eigenvalue weighted by molar-refractivity contribution is 0.0740. The first kappa shape index (κ1) is 17.4. The molecule has 1 aliphatic heterocycles. The van der Waals surface area contributed by atoms with Crippen LogP contribution in [0.4, 0.5) is 5.69 Å². The van der Waals surface area contributed by atoms with Gasteiger partial charge in [-0.15, -0.1) is 0 Å². The normalized spacial score (nSPS) is 14.4. The summed E-state index contributed by atoms with van der Waals surface area (Å²) in [6.07, 6.45) is 1.76. The van der Waals surface area contributed by atoms with Crippen LogP contribution in [0.25, 0.3) is 5.69 Å². The maximum absolute atomic E-state index is 12.8. The van der Waals surface area contributed by atoms with Crippen molar-refractivity contribution < 1.29 is 9.90 Å². The highest BCUT2D eigenvalue weighted by atomic mass is 35.5. The molecule has 1 aromatic heterocycles. The molecule has 6 nitrogen and oxygen atoms in total. The second-order valence-corrected chi connectivity index (χ2v) is 6.83. The van der Waals surface area contributed by atoms with Crippen LogP contribution in [0.15, 0.2) is 60.8 Å². The largest absolute Gasteiger partial charge is 0.506 e. The fraction of sp³-hybridized carbons (Fsp3) is 0.200. The summed E-state index contributed by atoms with van der Waals surface area (Å²) >= 11 is 6.02. The van der Waals surface area contributed by atoms with Gasteiger partial charge in [0.2, 0.25) is 0 Å². The molecule has 0 spiro atoms. The first-order chi connectivity index (χ1) is 13.1. The van der Waals surface area contributed by atoms with Gasteiger partial charge in [-0.1, -0.05) is 29.8 Å². The van der Waals surface area contributed by atoms with Crippen LogP contribution in [-0.2, 0) is 0 Å². The molecule has 1 N–H and O–H groups in total. The lowest BCUT2D eigenvalue weighted by Gasteiger charge is -2.36. The number of rotatable bonds is 3. The monoisotopic (exact) mass is 382 g/mol. The molecule has 27 heavy (non-hydrogen) atoms. The zero-order valence-electron chi connectivity index (χ0n) is 14.6. The second kappa shape index (κ2) is 7.32. The highest BCUT2D eigenvalue weighted by Gasteiger charge is 2.24. The molecule has 2 heterocycles. The number of phenolic OH excluding ortho intramolecular Hbond substituents is 1. The molecule has 138 valence electrons. The molecular formula is C20H19ClN4O2. The number of aromatic hydroxyl groups is 1. The Balaban J connectivity index is 1.43. The van der Waals surface area contributed by atoms with Crippen molar-refractivity contribution >= 4 is 23.2 Å². The number of hydrogen-bond acceptors (Lipinski definition) is 4. The summed E-state index contributed by atoms with van der Waals surface area (Å²) in [6, 6.07) is 16.3. The van der Waals surface area contributed by atoms with Gasteiger partial charge in [0.15, 0.2) is 5.69 Å². The van der Waals surface area contributed by atoms with Crippen molar-refractivity contribution in [1.82, 2.24) is 14.7 Å². The molecule has 0 saturated carbocycles. The zero-order chi connectivity index (χ0) is 18.8. The van der Waals surface area contributed by atoms with Gasteiger partial charge in [-0.2, -0.15) is 5.10 Å². The fourth-order valence-corrected chi connectivity index (χ4v) is 3.43. The van der Waals surface area contributed by atoms with Crippen LogP contribution in [-0.4, -0.2) is 51.9 Å². The summed E-state index contributed by atoms with van der Waals surface area (Å²) < 4.78 is 1.65. The van der Waals surface area contributed by atoms with E-state index in [1.807, 2.05) is 24.3 Å². The number of aromatic nitrogens is 2. The minimum Gasteiger partial charge on any atom is -0.506 e. The Morgan fingerprint density at radius 3 is 2.52 bits per heavy atom. The summed E-state index contributed by atoms with van der Waals surface area (Å²) in [7, 11) is 0. The average molecular weight is 383 g/mol. The predicted octanol–water partition coefficient (Wildman–Crippen LogP) is 3.19. The molecule has 0 aliphatic carbocycles. The second-order valence-electron chi connectivity index (χ2n) is 6.39. The van der Waals surface area contributed by atoms with E-state index < -0.39 is 0 Å². The summed E-state index contributed by atoms with van der Waals surface area (Å²) in [5.41, 5.74) is 2.02. The SMILES string of the molecule is O=C(c1ccn(-c2cccc(Cl)c2)n1)N1CCN(c2ccccc2O)CC1. The summed E-state index contributed by atoms with van der Waals surface area (Å²) in [6.45, 7) is 2.49. The summed E-state index contributed by atoms with van der Waals surface area (Å²) in [5.74, 6) is 0.172. The molecule has 7 heteroatoms. The van der Waals surface area contributed by atoms with Gasteiger partial charge in [0, 0.05) is 37.4 Å². The lowest BCUT2D eigenvalue weighted by Crippen LogP contribution is -2.48. The highest BCUT2D eigenvalue weighted by Crippen LogP contribution is 2.27. The van der Waals surface area contributed by atoms with Gasteiger partial charge in [-0.25, -0.2) is 4.68 Å². The molecule has 0 radical (unpaired) electrons. The number of anilines is 1. The first-order valence-corrected chi connectivity index (χ1v) is 9.13. The van der Waals surface area contributed by atoms with Gasteiger partial charge in [0.05, 0.1) is 11.4 Å². The van der Waals surface area contributed by atoms with Crippen LogP contribution < -0.4 is 4.90 Å². The number of hydrogen-bond donors (Lipinski definition) is 1. The van der Waals surface area contributed by atoms with Gasteiger partial charge >= 0.3 is 0 Å². The van der Waals surface area contributed by atoms with Gasteiger partial charge in [0.25, 0.3) is 5.91 Å². The number of para-hydroxylation sites is 2. The first-order valence-electron chi connectivity index (χ1n) is 8.75. The third-order valence-corrected chi connectivity index (χ3v) is 4.91. The average Bonchev–Trinajstić information content (AvgIpc) is 3.18. The highest BCUT2D eigenvalue weighted by molar-refractivity contribution is 6.30. The van der Waals surface area contributed by atoms with E-state index >= 15 is 0 Å². The van der Waals surface area contributed by atoms with E-state index in [2.05, 4.69) is 10.00 Å². The third-order valence-electron chi connectivity index (χ3n) is 4.67. The number of nitrogens with zero attached hydrogens (tertiary/aromatic N) is 4. The Bertz CT molecular complexity index is 964. The molecule has 3 aromatic rings. The van der Waals surface area contributed by atoms with Crippen LogP contribution >= 0.6 is 11.6 Å². The van der Waals surface area contributed by atoms with Crippen molar-refractivity contribution in [1.29, 1.82) is 0 Å². The van der Waals surface area contributed by atoms with Gasteiger partial charge in [0.1, 0.15) is 5.75 Å². The van der Waals surface area contributed by atoms with E-state index in [0.717, 1.165) is 11.4 Å². The number of benzene rings is 2. The molecule has 0 bridgehead atoms. The van der Waals surface area contributed by atoms with E-state index in [4.69, 9.17) is 11.6 Å². The van der Waals surface area contributed by atoms with Crippen LogP contribution in [0.1, 0.15) is 10.5 Å². The molecule has 2 aromatic carbocycles. The van der Waals surface area contributed by atoms with Crippen molar-refractivity contribution in [3.05, 3.63) is 71.5 Å². The van der Waals surface area contributed by atoms with Crippen LogP contribution in [0, 0.1) is 0 Å². The molecule has 1 saturated heterocycles. The Morgan fingerprint density at radius 1 is 1.00 bits per heavy atom. The number of phenols is 1. The molecule has 1 fully saturated rings. The topological polar surface area (TPSA) is 61.6 Å². The molecule has 1 amide bonds. The maximum atomic E-state index is 12.8. The smallest absolute Gasteiger partial charge is 0.274 e. The minimum absolute atomic E-state index is 0.0901. The van der Waals surface area contributed by atoms with E-state index in [1.54, 1.807) is 46.1 Å². The summed E-state index contributed by atoms with van der Waals surface area (Å²) in [4.78, 5) is 16.7. The molecular weight excluding hydrogens is 364 g/mol. The Morgan fingerprint density at radius 2 is 1.78 bits per heavy atom. The van der Waals surface area contributed by atoms with Crippen molar-refractivity contribution in [2.45, 2.75) is 0 Å². The maximum Gasteiger partial charge on any atom is 0.274 e. The molecule has 4 rings (SSSR count). The van der Waals surface area contributed by atoms with E-state index in [-0.39, 0.29) is 11.7 Å². The molecule has 0 atom stereocenters. The standard InChI is InChI=1S/C20H19ClN4O2/c21-15-4-3-5-16(14-15)25-9-8-17(22-25)20(27)24-12-10-23(11-13-24)18-6-1-2-7-19(18)26/h1-9,14,26H,10-13H2. The predicted molar refractivity (Wildman–Crippen MR) is 105 cm³/mol. The van der Waals surface area contributed by atoms with Gasteiger partial charge in [-0.05, 0) is 36.4 Å². The van der Waals surface area contributed by atoms with Gasteiger partial charge < -0.3 is 14.9 Å². The number of carbonyl (C=O) groups is 1. The Kier molecular flexibility index (Phi) is 4.73. The summed E-state index contributed by atoms with van der Waals surface area (Å²) in [5, 5.41) is 15.0. The molecule has 0 unspecified atom stereocenters. The zero-order valence-corrected chi connectivity index (χ0v) is 15.4. The third kappa shape index (κ3) is 3.61. The van der Waals surface area contributed by atoms with Gasteiger partial charge in [-0.3, -0.25) is 4.79 Å². The number of amides is 1. The number of carbonyl (C=O) groups excluding carboxylic acids is 1. The van der Waals surface area contributed by atoms with Crippen molar-refractivity contribution in [3.8, 4) is 11.4 Å². The quantitative estimate of drug-likeness (QED) is 0.755. The van der Waals surface area contributed by atoms with Crippen molar-refractivity contribution in [2.24, 2.45) is 0 Å². The minimum atomic E-state index is -0.0901.